The van der Waals surface area contributed by atoms with Gasteiger partial charge in [-0.2, -0.15) is 0 Å². The van der Waals surface area contributed by atoms with Gasteiger partial charge in [0.25, 0.3) is 0 Å². The molecule has 6 fully saturated rings. The SMILES string of the molecule is O=C(N1C[C@@H]2CC1CN2)C12CC3CC(C1)CC(c1ccccc1)(C3)C2. The number of carbonyl (C=O) groups is 1. The fourth-order valence-corrected chi connectivity index (χ4v) is 7.76. The van der Waals surface area contributed by atoms with Crippen molar-refractivity contribution in [2.24, 2.45) is 17.3 Å². The van der Waals surface area contributed by atoms with E-state index in [1.807, 2.05) is 0 Å². The molecule has 25 heavy (non-hydrogen) atoms. The van der Waals surface area contributed by atoms with Crippen molar-refractivity contribution in [3.8, 4) is 0 Å². The Balaban J connectivity index is 1.37. The molecule has 1 aromatic rings. The lowest BCUT2D eigenvalue weighted by Gasteiger charge is -2.62. The largest absolute Gasteiger partial charge is 0.336 e. The Bertz CT molecular complexity index is 700. The third-order valence-electron chi connectivity index (χ3n) is 8.22. The fraction of sp³-hybridized carbons (Fsp3) is 0.682. The molecule has 132 valence electrons. The molecule has 3 unspecified atom stereocenters. The number of nitrogens with zero attached hydrogens (tertiary/aromatic N) is 1. The van der Waals surface area contributed by atoms with Crippen LogP contribution in [0.5, 0.6) is 0 Å². The van der Waals surface area contributed by atoms with E-state index in [0.717, 1.165) is 44.2 Å². The molecular weight excluding hydrogens is 308 g/mol. The Morgan fingerprint density at radius 2 is 1.80 bits per heavy atom. The Labute approximate surface area is 150 Å². The number of amides is 1. The Morgan fingerprint density at radius 3 is 2.44 bits per heavy atom. The standard InChI is InChI=1S/C22H28N2O/c25-20(24-13-18-7-19(24)12-23-18)22-10-15-6-16(11-22)9-21(8-15,14-22)17-4-2-1-3-5-17/h1-5,15-16,18-19,23H,6-14H2/t15?,16?,18-,19?,21?,22?/m0/s1. The van der Waals surface area contributed by atoms with Crippen LogP contribution in [-0.2, 0) is 10.2 Å². The second-order valence-electron chi connectivity index (χ2n) is 9.84. The maximum atomic E-state index is 13.8. The van der Waals surface area contributed by atoms with Crippen molar-refractivity contribution in [3.63, 3.8) is 0 Å². The number of rotatable bonds is 2. The van der Waals surface area contributed by atoms with Gasteiger partial charge in [0, 0.05) is 25.2 Å². The van der Waals surface area contributed by atoms with Crippen LogP contribution in [0.1, 0.15) is 50.5 Å². The molecular formula is C22H28N2O. The van der Waals surface area contributed by atoms with Crippen molar-refractivity contribution in [3.05, 3.63) is 35.9 Å². The second kappa shape index (κ2) is 4.88. The summed E-state index contributed by atoms with van der Waals surface area (Å²) in [5.74, 6) is 2.06. The summed E-state index contributed by atoms with van der Waals surface area (Å²) in [7, 11) is 0. The number of fused-ring (bicyclic) bond motifs is 2. The van der Waals surface area contributed by atoms with Crippen LogP contribution in [0.4, 0.5) is 0 Å². The van der Waals surface area contributed by atoms with Crippen LogP contribution in [-0.4, -0.2) is 36.0 Å². The lowest BCUT2D eigenvalue weighted by molar-refractivity contribution is -0.161. The minimum Gasteiger partial charge on any atom is -0.336 e. The van der Waals surface area contributed by atoms with Gasteiger partial charge in [0.2, 0.25) is 5.91 Å². The molecule has 0 radical (unpaired) electrons. The highest BCUT2D eigenvalue weighted by atomic mass is 16.2. The van der Waals surface area contributed by atoms with Crippen LogP contribution in [0.15, 0.2) is 30.3 Å². The first kappa shape index (κ1) is 14.8. The van der Waals surface area contributed by atoms with Gasteiger partial charge in [-0.3, -0.25) is 4.79 Å². The van der Waals surface area contributed by atoms with Gasteiger partial charge < -0.3 is 10.2 Å². The molecule has 1 aromatic carbocycles. The quantitative estimate of drug-likeness (QED) is 0.900. The smallest absolute Gasteiger partial charge is 0.229 e. The molecule has 2 aliphatic heterocycles. The molecule has 6 aliphatic rings. The van der Waals surface area contributed by atoms with Crippen molar-refractivity contribution < 1.29 is 4.79 Å². The highest BCUT2D eigenvalue weighted by Gasteiger charge is 2.62. The molecule has 1 N–H and O–H groups in total. The summed E-state index contributed by atoms with van der Waals surface area (Å²) in [6.07, 6.45) is 8.62. The van der Waals surface area contributed by atoms with E-state index in [1.54, 1.807) is 0 Å². The Hall–Kier alpha value is -1.35. The lowest BCUT2D eigenvalue weighted by Crippen LogP contribution is -2.61. The zero-order valence-electron chi connectivity index (χ0n) is 14.9. The van der Waals surface area contributed by atoms with E-state index in [9.17, 15) is 4.79 Å². The monoisotopic (exact) mass is 336 g/mol. The number of piperazine rings is 1. The highest BCUT2D eigenvalue weighted by Crippen LogP contribution is 2.66. The van der Waals surface area contributed by atoms with Crippen LogP contribution >= 0.6 is 0 Å². The minimum absolute atomic E-state index is 0.0512. The van der Waals surface area contributed by atoms with Crippen LogP contribution < -0.4 is 5.32 Å². The molecule has 3 heteroatoms. The zero-order chi connectivity index (χ0) is 16.6. The average molecular weight is 336 g/mol. The normalized spacial score (nSPS) is 46.8. The molecule has 4 saturated carbocycles. The molecule has 1 amide bonds. The van der Waals surface area contributed by atoms with Gasteiger partial charge in [-0.25, -0.2) is 0 Å². The third-order valence-corrected chi connectivity index (χ3v) is 8.22. The number of hydrogen-bond donors (Lipinski definition) is 1. The summed E-state index contributed by atoms with van der Waals surface area (Å²) in [5.41, 5.74) is 1.73. The van der Waals surface area contributed by atoms with Crippen LogP contribution in [0, 0.1) is 17.3 Å². The van der Waals surface area contributed by atoms with Crippen molar-refractivity contribution >= 4 is 5.91 Å². The summed E-state index contributed by atoms with van der Waals surface area (Å²) in [6, 6.07) is 12.2. The highest BCUT2D eigenvalue weighted by molar-refractivity contribution is 5.84. The number of carbonyl (C=O) groups excluding carboxylic acids is 1. The molecule has 2 heterocycles. The first-order chi connectivity index (χ1) is 12.2. The molecule has 3 nitrogen and oxygen atoms in total. The predicted molar refractivity (Wildman–Crippen MR) is 97.1 cm³/mol. The van der Waals surface area contributed by atoms with E-state index in [4.69, 9.17) is 0 Å². The van der Waals surface area contributed by atoms with Crippen LogP contribution in [0.3, 0.4) is 0 Å². The van der Waals surface area contributed by atoms with Gasteiger partial charge >= 0.3 is 0 Å². The number of likely N-dealkylation sites (tertiary alicyclic amines) is 1. The van der Waals surface area contributed by atoms with Gasteiger partial charge in [0.15, 0.2) is 0 Å². The van der Waals surface area contributed by atoms with E-state index in [-0.39, 0.29) is 10.8 Å². The van der Waals surface area contributed by atoms with Gasteiger partial charge in [0.1, 0.15) is 0 Å². The summed E-state index contributed by atoms with van der Waals surface area (Å²) in [4.78, 5) is 16.0. The van der Waals surface area contributed by atoms with Crippen molar-refractivity contribution in [2.45, 2.75) is 62.4 Å². The van der Waals surface area contributed by atoms with E-state index >= 15 is 0 Å². The molecule has 2 saturated heterocycles. The molecule has 4 atom stereocenters. The van der Waals surface area contributed by atoms with E-state index in [0.29, 0.717) is 18.0 Å². The molecule has 6 bridgehead atoms. The Kier molecular flexibility index (Phi) is 2.88. The van der Waals surface area contributed by atoms with Crippen molar-refractivity contribution in [1.82, 2.24) is 10.2 Å². The van der Waals surface area contributed by atoms with Crippen molar-refractivity contribution in [1.29, 1.82) is 0 Å². The Morgan fingerprint density at radius 1 is 1.04 bits per heavy atom. The van der Waals surface area contributed by atoms with Gasteiger partial charge in [0.05, 0.1) is 5.41 Å². The average Bonchev–Trinajstić information content (AvgIpc) is 3.24. The van der Waals surface area contributed by atoms with Crippen LogP contribution in [0.2, 0.25) is 0 Å². The summed E-state index contributed by atoms with van der Waals surface area (Å²) >= 11 is 0. The second-order valence-corrected chi connectivity index (χ2v) is 9.84. The molecule has 0 aromatic heterocycles. The van der Waals surface area contributed by atoms with E-state index < -0.39 is 0 Å². The number of hydrogen-bond acceptors (Lipinski definition) is 2. The van der Waals surface area contributed by atoms with Gasteiger partial charge in [-0.1, -0.05) is 30.3 Å². The summed E-state index contributed by atoms with van der Waals surface area (Å²) in [6.45, 7) is 1.97. The number of nitrogens with one attached hydrogen (secondary N) is 1. The first-order valence-electron chi connectivity index (χ1n) is 10.3. The predicted octanol–water partition coefficient (Wildman–Crippen LogP) is 3.10. The third kappa shape index (κ3) is 1.99. The lowest BCUT2D eigenvalue weighted by atomic mass is 9.42. The fourth-order valence-electron chi connectivity index (χ4n) is 7.76. The van der Waals surface area contributed by atoms with E-state index in [2.05, 4.69) is 40.5 Å². The maximum absolute atomic E-state index is 13.8. The van der Waals surface area contributed by atoms with Gasteiger partial charge in [-0.05, 0) is 67.8 Å². The maximum Gasteiger partial charge on any atom is 0.229 e. The number of benzene rings is 1. The first-order valence-corrected chi connectivity index (χ1v) is 10.3. The zero-order valence-corrected chi connectivity index (χ0v) is 14.9. The summed E-state index contributed by atoms with van der Waals surface area (Å²) < 4.78 is 0. The van der Waals surface area contributed by atoms with Crippen LogP contribution in [0.25, 0.3) is 0 Å². The van der Waals surface area contributed by atoms with Crippen molar-refractivity contribution in [2.75, 3.05) is 13.1 Å². The summed E-state index contributed by atoms with van der Waals surface area (Å²) in [5, 5.41) is 3.55. The minimum atomic E-state index is -0.0512. The molecule has 0 spiro atoms. The van der Waals surface area contributed by atoms with Gasteiger partial charge in [-0.15, -0.1) is 0 Å². The van der Waals surface area contributed by atoms with E-state index in [1.165, 1.54) is 31.2 Å². The molecule has 4 aliphatic carbocycles. The topological polar surface area (TPSA) is 32.3 Å². The molecule has 7 rings (SSSR count).